The quantitative estimate of drug-likeness (QED) is 0.564. The lowest BCUT2D eigenvalue weighted by molar-refractivity contribution is -0.187. The molecule has 0 amide bonds. The lowest BCUT2D eigenvalue weighted by Crippen LogP contribution is -2.63. The second kappa shape index (κ2) is 5.96. The van der Waals surface area contributed by atoms with E-state index in [2.05, 4.69) is 0 Å². The van der Waals surface area contributed by atoms with Gasteiger partial charge in [-0.15, -0.1) is 0 Å². The van der Waals surface area contributed by atoms with E-state index in [4.69, 9.17) is 0 Å². The Morgan fingerprint density at radius 2 is 1.96 bits per heavy atom. The van der Waals surface area contributed by atoms with Crippen molar-refractivity contribution in [1.82, 2.24) is 0 Å². The minimum Gasteiger partial charge on any atom is -0.393 e. The molecule has 6 heteroatoms. The molecule has 0 radical (unpaired) electrons. The molecule has 3 saturated carbocycles. The minimum absolute atomic E-state index is 0.0166. The molecule has 3 fully saturated rings. The van der Waals surface area contributed by atoms with E-state index < -0.39 is 41.0 Å². The number of ketones is 2. The van der Waals surface area contributed by atoms with Crippen LogP contribution in [0, 0.1) is 28.6 Å². The summed E-state index contributed by atoms with van der Waals surface area (Å²) in [7, 11) is 0. The van der Waals surface area contributed by atoms with E-state index >= 15 is 0 Å². The van der Waals surface area contributed by atoms with Crippen LogP contribution >= 0.6 is 0 Å². The first kappa shape index (κ1) is 19.2. The van der Waals surface area contributed by atoms with Crippen molar-refractivity contribution in [2.75, 3.05) is 6.61 Å². The van der Waals surface area contributed by atoms with Gasteiger partial charge < -0.3 is 20.4 Å². The molecule has 0 aromatic heterocycles. The molecule has 0 saturated heterocycles. The Bertz CT molecular complexity index is 715. The monoisotopic (exact) mass is 378 g/mol. The highest BCUT2D eigenvalue weighted by Gasteiger charge is 2.68. The molecule has 3 unspecified atom stereocenters. The Hall–Kier alpha value is -1.08. The van der Waals surface area contributed by atoms with Crippen molar-refractivity contribution in [2.45, 2.75) is 70.2 Å². The lowest BCUT2D eigenvalue weighted by atomic mass is 9.45. The van der Waals surface area contributed by atoms with Crippen molar-refractivity contribution >= 4 is 11.6 Å². The van der Waals surface area contributed by atoms with Gasteiger partial charge in [-0.3, -0.25) is 9.59 Å². The summed E-state index contributed by atoms with van der Waals surface area (Å²) in [5.41, 5.74) is -2.17. The molecule has 0 aromatic carbocycles. The summed E-state index contributed by atoms with van der Waals surface area (Å²) in [6, 6.07) is 0. The highest BCUT2D eigenvalue weighted by atomic mass is 16.3. The number of aliphatic hydroxyl groups excluding tert-OH is 3. The number of carbonyl (C=O) groups is 2. The van der Waals surface area contributed by atoms with Gasteiger partial charge in [0.25, 0.3) is 0 Å². The zero-order chi connectivity index (χ0) is 19.8. The second-order valence-electron chi connectivity index (χ2n) is 9.70. The Morgan fingerprint density at radius 1 is 1.26 bits per heavy atom. The molecule has 0 heterocycles. The highest BCUT2D eigenvalue weighted by molar-refractivity contribution is 5.92. The molecular weight excluding hydrogens is 348 g/mol. The third kappa shape index (κ3) is 2.33. The van der Waals surface area contributed by atoms with Crippen LogP contribution in [0.4, 0.5) is 0 Å². The van der Waals surface area contributed by atoms with E-state index in [0.29, 0.717) is 25.7 Å². The van der Waals surface area contributed by atoms with Gasteiger partial charge in [0.1, 0.15) is 12.2 Å². The average Bonchev–Trinajstić information content (AvgIpc) is 2.87. The molecule has 0 bridgehead atoms. The van der Waals surface area contributed by atoms with E-state index in [1.54, 1.807) is 6.08 Å². The molecule has 27 heavy (non-hydrogen) atoms. The molecular formula is C21H30O6. The van der Waals surface area contributed by atoms with Gasteiger partial charge in [-0.2, -0.15) is 0 Å². The first-order valence-corrected chi connectivity index (χ1v) is 10.1. The number of hydrogen-bond acceptors (Lipinski definition) is 6. The molecule has 4 rings (SSSR count). The van der Waals surface area contributed by atoms with Gasteiger partial charge in [-0.05, 0) is 66.9 Å². The number of aliphatic hydroxyl groups is 4. The Morgan fingerprint density at radius 3 is 2.63 bits per heavy atom. The zero-order valence-electron chi connectivity index (χ0n) is 16.0. The first-order valence-electron chi connectivity index (χ1n) is 10.1. The van der Waals surface area contributed by atoms with Gasteiger partial charge >= 0.3 is 0 Å². The number of rotatable bonds is 2. The van der Waals surface area contributed by atoms with Gasteiger partial charge in [-0.25, -0.2) is 0 Å². The lowest BCUT2D eigenvalue weighted by Gasteiger charge is -2.61. The normalized spacial score (nSPS) is 51.9. The molecule has 0 aromatic rings. The van der Waals surface area contributed by atoms with E-state index in [-0.39, 0.29) is 36.4 Å². The van der Waals surface area contributed by atoms with Crippen molar-refractivity contribution in [1.29, 1.82) is 0 Å². The maximum absolute atomic E-state index is 12.4. The predicted molar refractivity (Wildman–Crippen MR) is 96.5 cm³/mol. The van der Waals surface area contributed by atoms with Crippen molar-refractivity contribution < 1.29 is 30.0 Å². The van der Waals surface area contributed by atoms with Crippen LogP contribution in [0.2, 0.25) is 0 Å². The molecule has 4 N–H and O–H groups in total. The topological polar surface area (TPSA) is 115 Å². The van der Waals surface area contributed by atoms with Crippen LogP contribution in [-0.2, 0) is 9.59 Å². The van der Waals surface area contributed by atoms with Crippen LogP contribution in [-0.4, -0.2) is 56.4 Å². The Kier molecular flexibility index (Phi) is 4.25. The summed E-state index contributed by atoms with van der Waals surface area (Å²) >= 11 is 0. The summed E-state index contributed by atoms with van der Waals surface area (Å²) in [5.74, 6) is -0.713. The number of hydrogen-bond donors (Lipinski definition) is 4. The summed E-state index contributed by atoms with van der Waals surface area (Å²) in [4.78, 5) is 24.3. The molecule has 150 valence electrons. The molecule has 4 aliphatic rings. The summed E-state index contributed by atoms with van der Waals surface area (Å²) < 4.78 is 0. The SMILES string of the molecule is C[C@]12CCC(=O)C=C1[C@@H](O)C[C@@H]1C2[C@@H](O)C[C@@]2(C)C1CCC2(O)C(=O)CO. The third-order valence-electron chi connectivity index (χ3n) is 8.67. The van der Waals surface area contributed by atoms with E-state index in [0.717, 1.165) is 5.57 Å². The summed E-state index contributed by atoms with van der Waals surface area (Å²) in [6.07, 6.45) is 2.75. The van der Waals surface area contributed by atoms with Crippen LogP contribution in [0.15, 0.2) is 11.6 Å². The Labute approximate surface area is 159 Å². The fraction of sp³-hybridized carbons (Fsp3) is 0.810. The van der Waals surface area contributed by atoms with Crippen molar-refractivity contribution in [3.63, 3.8) is 0 Å². The zero-order valence-corrected chi connectivity index (χ0v) is 16.0. The fourth-order valence-electron chi connectivity index (χ4n) is 7.33. The van der Waals surface area contributed by atoms with Gasteiger partial charge in [0, 0.05) is 11.8 Å². The molecule has 4 aliphatic carbocycles. The van der Waals surface area contributed by atoms with E-state index in [1.165, 1.54) is 0 Å². The largest absolute Gasteiger partial charge is 0.393 e. The average molecular weight is 378 g/mol. The maximum Gasteiger partial charge on any atom is 0.190 e. The van der Waals surface area contributed by atoms with Crippen LogP contribution in [0.5, 0.6) is 0 Å². The number of Topliss-reactive ketones (excluding diaryl/α,β-unsaturated/α-hetero) is 1. The Balaban J connectivity index is 1.77. The molecule has 0 spiro atoms. The van der Waals surface area contributed by atoms with Crippen molar-refractivity contribution in [2.24, 2.45) is 28.6 Å². The van der Waals surface area contributed by atoms with E-state index in [9.17, 15) is 30.0 Å². The first-order chi connectivity index (χ1) is 12.6. The van der Waals surface area contributed by atoms with Crippen LogP contribution < -0.4 is 0 Å². The standard InChI is InChI=1S/C21H30O6/c1-19-5-3-11(23)7-14(19)15(24)8-12-13-4-6-21(27,17(26)10-22)20(13,2)9-16(25)18(12)19/h7,12-13,15-16,18,22,24-25,27H,3-6,8-10H2,1-2H3/t12-,13?,15-,16-,18?,19-,20-,21?/m0/s1. The molecule has 0 aliphatic heterocycles. The van der Waals surface area contributed by atoms with Crippen LogP contribution in [0.3, 0.4) is 0 Å². The highest BCUT2D eigenvalue weighted by Crippen LogP contribution is 2.67. The van der Waals surface area contributed by atoms with Crippen LogP contribution in [0.25, 0.3) is 0 Å². The molecule has 8 atom stereocenters. The van der Waals surface area contributed by atoms with Gasteiger partial charge in [-0.1, -0.05) is 13.8 Å². The number of fused-ring (bicyclic) bond motifs is 5. The van der Waals surface area contributed by atoms with Crippen LogP contribution in [0.1, 0.15) is 52.4 Å². The minimum atomic E-state index is -1.64. The van der Waals surface area contributed by atoms with Gasteiger partial charge in [0.2, 0.25) is 0 Å². The van der Waals surface area contributed by atoms with Crippen molar-refractivity contribution in [3.05, 3.63) is 11.6 Å². The van der Waals surface area contributed by atoms with Crippen molar-refractivity contribution in [3.8, 4) is 0 Å². The summed E-state index contributed by atoms with van der Waals surface area (Å²) in [5, 5.41) is 42.6. The summed E-state index contributed by atoms with van der Waals surface area (Å²) in [6.45, 7) is 3.18. The predicted octanol–water partition coefficient (Wildman–Crippen LogP) is 0.752. The van der Waals surface area contributed by atoms with E-state index in [1.807, 2.05) is 13.8 Å². The second-order valence-corrected chi connectivity index (χ2v) is 9.70. The maximum atomic E-state index is 12.4. The van der Waals surface area contributed by atoms with Gasteiger partial charge in [0.05, 0.1) is 12.2 Å². The third-order valence-corrected chi connectivity index (χ3v) is 8.67. The fourth-order valence-corrected chi connectivity index (χ4v) is 7.33. The van der Waals surface area contributed by atoms with Gasteiger partial charge in [0.15, 0.2) is 11.6 Å². The molecule has 6 nitrogen and oxygen atoms in total. The number of carbonyl (C=O) groups excluding carboxylic acids is 2. The smallest absolute Gasteiger partial charge is 0.190 e.